The van der Waals surface area contributed by atoms with E-state index in [1.165, 1.54) is 11.3 Å². The number of aryl methyl sites for hydroxylation is 1. The van der Waals surface area contributed by atoms with Crippen LogP contribution in [0.3, 0.4) is 0 Å². The zero-order chi connectivity index (χ0) is 12.7. The molecule has 1 saturated carbocycles. The van der Waals surface area contributed by atoms with Gasteiger partial charge in [0.15, 0.2) is 0 Å². The highest BCUT2D eigenvalue weighted by atomic mass is 32.1. The first-order valence-electron chi connectivity index (χ1n) is 5.66. The van der Waals surface area contributed by atoms with Crippen molar-refractivity contribution in [3.8, 4) is 0 Å². The molecular formula is C12H15F3OS. The molecule has 0 unspecified atom stereocenters. The van der Waals surface area contributed by atoms with Crippen molar-refractivity contribution in [3.63, 3.8) is 0 Å². The average molecular weight is 264 g/mol. The number of aliphatic hydroxyl groups is 1. The van der Waals surface area contributed by atoms with Gasteiger partial charge in [0.25, 0.3) is 0 Å². The molecule has 17 heavy (non-hydrogen) atoms. The maximum atomic E-state index is 12.5. The fraction of sp³-hybridized carbons (Fsp3) is 0.667. The first-order valence-corrected chi connectivity index (χ1v) is 6.54. The summed E-state index contributed by atoms with van der Waals surface area (Å²) in [5.74, 6) is -1.25. The summed E-state index contributed by atoms with van der Waals surface area (Å²) in [6, 6.07) is 1.83. The zero-order valence-corrected chi connectivity index (χ0v) is 10.4. The van der Waals surface area contributed by atoms with Crippen molar-refractivity contribution in [3.05, 3.63) is 21.9 Å². The van der Waals surface area contributed by atoms with Crippen LogP contribution in [0.2, 0.25) is 0 Å². The van der Waals surface area contributed by atoms with Crippen molar-refractivity contribution in [2.24, 2.45) is 5.92 Å². The molecule has 1 N–H and O–H groups in total. The normalized spacial score (nSPS) is 30.5. The Bertz CT molecular complexity index is 389. The van der Waals surface area contributed by atoms with Crippen LogP contribution in [0.1, 0.15) is 36.1 Å². The SMILES string of the molecule is Cc1sccc1C1(O)CCC(C(F)(F)F)CC1. The van der Waals surface area contributed by atoms with Gasteiger partial charge in [0.1, 0.15) is 0 Å². The fourth-order valence-corrected chi connectivity index (χ4v) is 3.35. The third kappa shape index (κ3) is 2.50. The van der Waals surface area contributed by atoms with Gasteiger partial charge in [-0.05, 0) is 49.6 Å². The smallest absolute Gasteiger partial charge is 0.385 e. The monoisotopic (exact) mass is 264 g/mol. The Morgan fingerprint density at radius 2 is 1.94 bits per heavy atom. The molecular weight excluding hydrogens is 249 g/mol. The van der Waals surface area contributed by atoms with Crippen molar-refractivity contribution in [2.75, 3.05) is 0 Å². The van der Waals surface area contributed by atoms with Gasteiger partial charge < -0.3 is 5.11 Å². The van der Waals surface area contributed by atoms with Crippen molar-refractivity contribution in [1.29, 1.82) is 0 Å². The van der Waals surface area contributed by atoms with Crippen LogP contribution in [0.25, 0.3) is 0 Å². The summed E-state index contributed by atoms with van der Waals surface area (Å²) < 4.78 is 37.6. The van der Waals surface area contributed by atoms with Gasteiger partial charge in [0.2, 0.25) is 0 Å². The van der Waals surface area contributed by atoms with Crippen molar-refractivity contribution in [2.45, 2.75) is 44.4 Å². The molecule has 1 nitrogen and oxygen atoms in total. The summed E-state index contributed by atoms with van der Waals surface area (Å²) in [5.41, 5.74) is -0.241. The third-order valence-electron chi connectivity index (χ3n) is 3.64. The Morgan fingerprint density at radius 3 is 2.35 bits per heavy atom. The predicted molar refractivity (Wildman–Crippen MR) is 61.0 cm³/mol. The van der Waals surface area contributed by atoms with Crippen LogP contribution in [0, 0.1) is 12.8 Å². The molecule has 0 spiro atoms. The molecule has 1 heterocycles. The van der Waals surface area contributed by atoms with Gasteiger partial charge in [0, 0.05) is 4.88 Å². The topological polar surface area (TPSA) is 20.2 Å². The molecule has 1 aromatic rings. The Hall–Kier alpha value is -0.550. The highest BCUT2D eigenvalue weighted by Gasteiger charge is 2.46. The Morgan fingerprint density at radius 1 is 1.35 bits per heavy atom. The highest BCUT2D eigenvalue weighted by molar-refractivity contribution is 7.10. The second-order valence-corrected chi connectivity index (χ2v) is 5.86. The summed E-state index contributed by atoms with van der Waals surface area (Å²) in [4.78, 5) is 0.998. The van der Waals surface area contributed by atoms with E-state index in [0.717, 1.165) is 10.4 Å². The molecule has 0 aliphatic heterocycles. The van der Waals surface area contributed by atoms with Gasteiger partial charge in [0.05, 0.1) is 11.5 Å². The van der Waals surface area contributed by atoms with Crippen LogP contribution < -0.4 is 0 Å². The largest absolute Gasteiger partial charge is 0.391 e. The molecule has 1 fully saturated rings. The van der Waals surface area contributed by atoms with E-state index in [2.05, 4.69) is 0 Å². The Kier molecular flexibility index (Phi) is 3.25. The van der Waals surface area contributed by atoms with E-state index in [-0.39, 0.29) is 25.7 Å². The lowest BCUT2D eigenvalue weighted by Crippen LogP contribution is -2.36. The maximum Gasteiger partial charge on any atom is 0.391 e. The lowest BCUT2D eigenvalue weighted by molar-refractivity contribution is -0.193. The first kappa shape index (κ1) is 12.9. The van der Waals surface area contributed by atoms with Gasteiger partial charge in [-0.15, -0.1) is 11.3 Å². The van der Waals surface area contributed by atoms with Crippen molar-refractivity contribution < 1.29 is 18.3 Å². The molecule has 5 heteroatoms. The standard InChI is InChI=1S/C12H15F3OS/c1-8-10(4-7-17-8)11(16)5-2-9(3-6-11)12(13,14)15/h4,7,9,16H,2-3,5-6H2,1H3. The number of hydrogen-bond acceptors (Lipinski definition) is 2. The van der Waals surface area contributed by atoms with Crippen LogP contribution in [-0.4, -0.2) is 11.3 Å². The molecule has 2 rings (SSSR count). The quantitative estimate of drug-likeness (QED) is 0.813. The second-order valence-electron chi connectivity index (χ2n) is 4.74. The van der Waals surface area contributed by atoms with E-state index >= 15 is 0 Å². The van der Waals surface area contributed by atoms with E-state index in [9.17, 15) is 18.3 Å². The van der Waals surface area contributed by atoms with E-state index in [4.69, 9.17) is 0 Å². The number of thiophene rings is 1. The van der Waals surface area contributed by atoms with Crippen LogP contribution in [0.15, 0.2) is 11.4 Å². The first-order chi connectivity index (χ1) is 7.83. The number of hydrogen-bond donors (Lipinski definition) is 1. The third-order valence-corrected chi connectivity index (χ3v) is 4.48. The van der Waals surface area contributed by atoms with Gasteiger partial charge >= 0.3 is 6.18 Å². The molecule has 96 valence electrons. The van der Waals surface area contributed by atoms with E-state index in [1.54, 1.807) is 0 Å². The van der Waals surface area contributed by atoms with E-state index in [0.29, 0.717) is 0 Å². The summed E-state index contributed by atoms with van der Waals surface area (Å²) in [6.45, 7) is 1.90. The lowest BCUT2D eigenvalue weighted by Gasteiger charge is -2.37. The van der Waals surface area contributed by atoms with Crippen LogP contribution in [0.5, 0.6) is 0 Å². The molecule has 1 aliphatic rings. The highest BCUT2D eigenvalue weighted by Crippen LogP contribution is 2.46. The minimum absolute atomic E-state index is 0.0231. The van der Waals surface area contributed by atoms with Crippen LogP contribution >= 0.6 is 11.3 Å². The molecule has 0 atom stereocenters. The molecule has 1 aliphatic carbocycles. The number of halogens is 3. The Labute approximate surface area is 102 Å². The molecule has 1 aromatic heterocycles. The number of alkyl halides is 3. The second kappa shape index (κ2) is 4.28. The molecule has 0 bridgehead atoms. The summed E-state index contributed by atoms with van der Waals surface area (Å²) in [7, 11) is 0. The molecule has 0 amide bonds. The summed E-state index contributed by atoms with van der Waals surface area (Å²) in [6.07, 6.45) is -3.67. The van der Waals surface area contributed by atoms with Crippen LogP contribution in [-0.2, 0) is 5.60 Å². The average Bonchev–Trinajstić information content (AvgIpc) is 2.64. The summed E-state index contributed by atoms with van der Waals surface area (Å²) >= 11 is 1.52. The minimum atomic E-state index is -4.12. The lowest BCUT2D eigenvalue weighted by atomic mass is 9.75. The van der Waals surface area contributed by atoms with Gasteiger partial charge in [-0.3, -0.25) is 0 Å². The molecule has 0 saturated heterocycles. The Balaban J connectivity index is 2.11. The predicted octanol–water partition coefficient (Wildman–Crippen LogP) is 4.00. The molecule has 0 aromatic carbocycles. The number of rotatable bonds is 1. The minimum Gasteiger partial charge on any atom is -0.385 e. The van der Waals surface area contributed by atoms with Crippen LogP contribution in [0.4, 0.5) is 13.2 Å². The van der Waals surface area contributed by atoms with E-state index < -0.39 is 17.7 Å². The van der Waals surface area contributed by atoms with E-state index in [1.807, 2.05) is 18.4 Å². The van der Waals surface area contributed by atoms with Crippen molar-refractivity contribution >= 4 is 11.3 Å². The van der Waals surface area contributed by atoms with Crippen molar-refractivity contribution in [1.82, 2.24) is 0 Å². The zero-order valence-electron chi connectivity index (χ0n) is 9.55. The van der Waals surface area contributed by atoms with Gasteiger partial charge in [-0.1, -0.05) is 0 Å². The maximum absolute atomic E-state index is 12.5. The van der Waals surface area contributed by atoms with Gasteiger partial charge in [-0.2, -0.15) is 13.2 Å². The fourth-order valence-electron chi connectivity index (χ4n) is 2.56. The van der Waals surface area contributed by atoms with Gasteiger partial charge in [-0.25, -0.2) is 0 Å². The summed E-state index contributed by atoms with van der Waals surface area (Å²) in [5, 5.41) is 12.3. The molecule has 0 radical (unpaired) electrons.